The van der Waals surface area contributed by atoms with E-state index in [4.69, 9.17) is 9.94 Å². The second kappa shape index (κ2) is 8.50. The second-order valence-electron chi connectivity index (χ2n) is 5.15. The molecule has 2 aromatic rings. The Balaban J connectivity index is 2.30. The molecule has 1 atom stereocenters. The third kappa shape index (κ3) is 5.31. The maximum absolute atomic E-state index is 14.0. The Hall–Kier alpha value is -1.85. The van der Waals surface area contributed by atoms with Gasteiger partial charge in [-0.05, 0) is 53.8 Å². The zero-order valence-corrected chi connectivity index (χ0v) is 15.1. The van der Waals surface area contributed by atoms with E-state index in [1.807, 2.05) is 28.1 Å². The fourth-order valence-corrected chi connectivity index (χ4v) is 2.31. The van der Waals surface area contributed by atoms with Crippen LogP contribution in [-0.2, 0) is 4.84 Å². The molecule has 0 aromatic heterocycles. The Kier molecular flexibility index (Phi) is 6.62. The van der Waals surface area contributed by atoms with Crippen LogP contribution in [0.15, 0.2) is 30.3 Å². The summed E-state index contributed by atoms with van der Waals surface area (Å²) in [6.45, 7) is 1.25. The number of carbonyl (C=O) groups is 1. The summed E-state index contributed by atoms with van der Waals surface area (Å²) in [6, 6.07) is 5.68. The molecule has 0 saturated heterocycles. The van der Waals surface area contributed by atoms with Crippen molar-refractivity contribution in [2.45, 2.75) is 13.0 Å². The van der Waals surface area contributed by atoms with Gasteiger partial charge in [-0.3, -0.25) is 9.63 Å². The van der Waals surface area contributed by atoms with E-state index >= 15 is 0 Å². The van der Waals surface area contributed by atoms with Gasteiger partial charge in [0.25, 0.3) is 5.91 Å². The van der Waals surface area contributed by atoms with Crippen molar-refractivity contribution in [3.8, 4) is 0 Å². The van der Waals surface area contributed by atoms with Crippen molar-refractivity contribution in [2.75, 3.05) is 11.9 Å². The van der Waals surface area contributed by atoms with Crippen LogP contribution in [-0.4, -0.2) is 23.7 Å². The number of amides is 1. The van der Waals surface area contributed by atoms with Crippen LogP contribution in [0.1, 0.15) is 17.3 Å². The molecular formula is C16H14F3IN2O3. The molecule has 2 rings (SSSR count). The first-order valence-corrected chi connectivity index (χ1v) is 8.17. The van der Waals surface area contributed by atoms with Gasteiger partial charge in [0.15, 0.2) is 11.6 Å². The van der Waals surface area contributed by atoms with Gasteiger partial charge in [0.1, 0.15) is 12.4 Å². The van der Waals surface area contributed by atoms with Crippen LogP contribution in [0.4, 0.5) is 24.5 Å². The number of hydrogen-bond acceptors (Lipinski definition) is 4. The third-order valence-corrected chi connectivity index (χ3v) is 3.67. The molecule has 0 aliphatic carbocycles. The van der Waals surface area contributed by atoms with E-state index in [2.05, 4.69) is 5.32 Å². The zero-order chi connectivity index (χ0) is 18.6. The largest absolute Gasteiger partial charge is 0.391 e. The van der Waals surface area contributed by atoms with Crippen LogP contribution in [0, 0.1) is 21.0 Å². The van der Waals surface area contributed by atoms with Crippen molar-refractivity contribution >= 4 is 39.9 Å². The molecule has 1 unspecified atom stereocenters. The lowest BCUT2D eigenvalue weighted by molar-refractivity contribution is -0.00684. The second-order valence-corrected chi connectivity index (χ2v) is 6.40. The molecule has 3 N–H and O–H groups in total. The quantitative estimate of drug-likeness (QED) is 0.451. The van der Waals surface area contributed by atoms with E-state index in [0.717, 1.165) is 6.07 Å². The number of aliphatic hydroxyl groups excluding tert-OH is 1. The van der Waals surface area contributed by atoms with Gasteiger partial charge in [0.2, 0.25) is 0 Å². The lowest BCUT2D eigenvalue weighted by atomic mass is 10.1. The van der Waals surface area contributed by atoms with Gasteiger partial charge in [-0.15, -0.1) is 0 Å². The van der Waals surface area contributed by atoms with Crippen molar-refractivity contribution in [3.05, 3.63) is 56.9 Å². The van der Waals surface area contributed by atoms with Crippen molar-refractivity contribution in [1.82, 2.24) is 5.48 Å². The first-order chi connectivity index (χ1) is 11.8. The topological polar surface area (TPSA) is 70.6 Å². The zero-order valence-electron chi connectivity index (χ0n) is 12.9. The predicted octanol–water partition coefficient (Wildman–Crippen LogP) is 3.49. The highest BCUT2D eigenvalue weighted by Gasteiger charge is 2.18. The van der Waals surface area contributed by atoms with E-state index in [1.54, 1.807) is 6.07 Å². The van der Waals surface area contributed by atoms with E-state index in [-0.39, 0.29) is 23.5 Å². The standard InChI is InChI=1S/C16H14F3IN2O3/c1-8(23)7-25-22-16(24)10-5-11(17)12(18)6-15(10)21-14-3-2-9(20)4-13(14)19/h2-6,8,21,23H,7H2,1H3,(H,22,24). The Labute approximate surface area is 155 Å². The number of rotatable bonds is 6. The van der Waals surface area contributed by atoms with Gasteiger partial charge < -0.3 is 10.4 Å². The highest BCUT2D eigenvalue weighted by molar-refractivity contribution is 14.1. The van der Waals surface area contributed by atoms with E-state index < -0.39 is 29.5 Å². The lowest BCUT2D eigenvalue weighted by Gasteiger charge is -2.14. The maximum Gasteiger partial charge on any atom is 0.277 e. The summed E-state index contributed by atoms with van der Waals surface area (Å²) >= 11 is 1.92. The average Bonchev–Trinajstić information content (AvgIpc) is 2.52. The predicted molar refractivity (Wildman–Crippen MR) is 93.9 cm³/mol. The van der Waals surface area contributed by atoms with E-state index in [9.17, 15) is 18.0 Å². The lowest BCUT2D eigenvalue weighted by Crippen LogP contribution is -2.28. The number of nitrogens with one attached hydrogen (secondary N) is 2. The van der Waals surface area contributed by atoms with E-state index in [0.29, 0.717) is 9.64 Å². The molecule has 0 radical (unpaired) electrons. The van der Waals surface area contributed by atoms with Gasteiger partial charge in [0, 0.05) is 9.64 Å². The molecule has 5 nitrogen and oxygen atoms in total. The number of anilines is 2. The number of aliphatic hydroxyl groups is 1. The van der Waals surface area contributed by atoms with Gasteiger partial charge in [-0.2, -0.15) is 0 Å². The molecular weight excluding hydrogens is 452 g/mol. The van der Waals surface area contributed by atoms with E-state index in [1.165, 1.54) is 19.1 Å². The Bertz CT molecular complexity index is 787. The highest BCUT2D eigenvalue weighted by Crippen LogP contribution is 2.26. The number of hydroxylamine groups is 1. The minimum Gasteiger partial charge on any atom is -0.391 e. The summed E-state index contributed by atoms with van der Waals surface area (Å²) in [5, 5.41) is 11.6. The van der Waals surface area contributed by atoms with Crippen molar-refractivity contribution in [3.63, 3.8) is 0 Å². The molecule has 0 saturated carbocycles. The molecule has 2 aromatic carbocycles. The number of benzene rings is 2. The SMILES string of the molecule is CC(O)CONC(=O)c1cc(F)c(F)cc1Nc1ccc(I)cc1F. The van der Waals surface area contributed by atoms with Gasteiger partial charge in [-0.1, -0.05) is 0 Å². The smallest absolute Gasteiger partial charge is 0.277 e. The average molecular weight is 466 g/mol. The van der Waals surface area contributed by atoms with Crippen molar-refractivity contribution in [1.29, 1.82) is 0 Å². The van der Waals surface area contributed by atoms with Crippen LogP contribution < -0.4 is 10.8 Å². The van der Waals surface area contributed by atoms with Crippen LogP contribution in [0.2, 0.25) is 0 Å². The summed E-state index contributed by atoms with van der Waals surface area (Å²) in [5.74, 6) is -3.94. The van der Waals surface area contributed by atoms with Crippen molar-refractivity contribution < 1.29 is 27.9 Å². The number of halogens is 4. The molecule has 134 valence electrons. The Morgan fingerprint density at radius 3 is 2.48 bits per heavy atom. The normalized spacial score (nSPS) is 11.9. The molecule has 1 amide bonds. The highest BCUT2D eigenvalue weighted by atomic mass is 127. The molecule has 0 heterocycles. The van der Waals surface area contributed by atoms with Crippen molar-refractivity contribution in [2.24, 2.45) is 0 Å². The van der Waals surface area contributed by atoms with Crippen LogP contribution in [0.25, 0.3) is 0 Å². The summed E-state index contributed by atoms with van der Waals surface area (Å²) in [6.07, 6.45) is -0.830. The Morgan fingerprint density at radius 2 is 1.84 bits per heavy atom. The summed E-state index contributed by atoms with van der Waals surface area (Å²) in [4.78, 5) is 16.9. The monoisotopic (exact) mass is 466 g/mol. The summed E-state index contributed by atoms with van der Waals surface area (Å²) in [5.41, 5.74) is 1.56. The third-order valence-electron chi connectivity index (χ3n) is 2.99. The number of carbonyl (C=O) groups excluding carboxylic acids is 1. The molecule has 25 heavy (non-hydrogen) atoms. The fourth-order valence-electron chi connectivity index (χ4n) is 1.86. The molecule has 0 aliphatic rings. The molecule has 0 bridgehead atoms. The first kappa shape index (κ1) is 19.5. The van der Waals surface area contributed by atoms with Gasteiger partial charge in [-0.25, -0.2) is 18.7 Å². The molecule has 0 aliphatic heterocycles. The molecule has 9 heteroatoms. The van der Waals surface area contributed by atoms with Gasteiger partial charge in [0.05, 0.1) is 23.0 Å². The Morgan fingerprint density at radius 1 is 1.16 bits per heavy atom. The van der Waals surface area contributed by atoms with Gasteiger partial charge >= 0.3 is 0 Å². The summed E-state index contributed by atoms with van der Waals surface area (Å²) < 4.78 is 41.6. The summed E-state index contributed by atoms with van der Waals surface area (Å²) in [7, 11) is 0. The minimum absolute atomic E-state index is 0.00891. The van der Waals surface area contributed by atoms with Crippen LogP contribution >= 0.6 is 22.6 Å². The first-order valence-electron chi connectivity index (χ1n) is 7.09. The van der Waals surface area contributed by atoms with Crippen LogP contribution in [0.5, 0.6) is 0 Å². The minimum atomic E-state index is -1.24. The fraction of sp³-hybridized carbons (Fsp3) is 0.188. The molecule has 0 fully saturated rings. The molecule has 0 spiro atoms. The maximum atomic E-state index is 14.0. The van der Waals surface area contributed by atoms with Crippen LogP contribution in [0.3, 0.4) is 0 Å². The number of hydrogen-bond donors (Lipinski definition) is 3.